The fraction of sp³-hybridized carbons (Fsp3) is 0.273. The molecular weight excluding hydrogens is 370 g/mol. The van der Waals surface area contributed by atoms with Gasteiger partial charge in [-0.15, -0.1) is 0 Å². The third-order valence-corrected chi connectivity index (χ3v) is 5.23. The van der Waals surface area contributed by atoms with Crippen LogP contribution in [-0.2, 0) is 16.0 Å². The highest BCUT2D eigenvalue weighted by molar-refractivity contribution is 6.23. The van der Waals surface area contributed by atoms with E-state index in [1.54, 1.807) is 25.3 Å². The van der Waals surface area contributed by atoms with E-state index in [0.717, 1.165) is 11.9 Å². The minimum atomic E-state index is -0.542. The van der Waals surface area contributed by atoms with E-state index in [1.165, 1.54) is 23.0 Å². The average molecular weight is 393 g/mol. The summed E-state index contributed by atoms with van der Waals surface area (Å²) in [4.78, 5) is 29.9. The van der Waals surface area contributed by atoms with E-state index in [0.29, 0.717) is 23.7 Å². The Labute approximate surface area is 168 Å². The van der Waals surface area contributed by atoms with Gasteiger partial charge in [0.05, 0.1) is 32.4 Å². The van der Waals surface area contributed by atoms with Gasteiger partial charge in [-0.3, -0.25) is 9.59 Å². The lowest BCUT2D eigenvalue weighted by atomic mass is 10.1. The minimum Gasteiger partial charge on any atom is -0.497 e. The van der Waals surface area contributed by atoms with Crippen molar-refractivity contribution in [3.05, 3.63) is 54.2 Å². The topological polar surface area (TPSA) is 83.7 Å². The van der Waals surface area contributed by atoms with Crippen molar-refractivity contribution in [2.75, 3.05) is 25.7 Å². The zero-order valence-corrected chi connectivity index (χ0v) is 16.4. The summed E-state index contributed by atoms with van der Waals surface area (Å²) in [5.41, 5.74) is 2.70. The molecule has 1 aromatic heterocycles. The van der Waals surface area contributed by atoms with Crippen molar-refractivity contribution in [1.29, 1.82) is 0 Å². The standard InChI is InChI=1S/C22H23N3O4/c1-28-15-7-8-19(20(11-15)29-2)25-21(26)12-18(22(25)27)23-10-9-14-13-24-17-6-4-3-5-16(14)17/h3-8,11,13,18,23-24H,9-10,12H2,1-2H3/t18-/m0/s1. The maximum Gasteiger partial charge on any atom is 0.251 e. The van der Waals surface area contributed by atoms with Crippen molar-refractivity contribution >= 4 is 28.4 Å². The molecule has 0 spiro atoms. The largest absolute Gasteiger partial charge is 0.497 e. The number of carbonyl (C=O) groups is 2. The summed E-state index contributed by atoms with van der Waals surface area (Å²) in [6.45, 7) is 0.596. The summed E-state index contributed by atoms with van der Waals surface area (Å²) in [5, 5.41) is 4.41. The highest BCUT2D eigenvalue weighted by atomic mass is 16.5. The van der Waals surface area contributed by atoms with Crippen LogP contribution in [0, 0.1) is 0 Å². The van der Waals surface area contributed by atoms with E-state index in [2.05, 4.69) is 16.4 Å². The highest BCUT2D eigenvalue weighted by Crippen LogP contribution is 2.35. The third kappa shape index (κ3) is 3.56. The molecule has 0 unspecified atom stereocenters. The van der Waals surface area contributed by atoms with Crippen LogP contribution in [0.5, 0.6) is 11.5 Å². The van der Waals surface area contributed by atoms with Gasteiger partial charge in [0.15, 0.2) is 0 Å². The van der Waals surface area contributed by atoms with Gasteiger partial charge in [-0.05, 0) is 30.2 Å². The van der Waals surface area contributed by atoms with Crippen molar-refractivity contribution in [1.82, 2.24) is 10.3 Å². The van der Waals surface area contributed by atoms with Gasteiger partial charge in [-0.25, -0.2) is 4.90 Å². The summed E-state index contributed by atoms with van der Waals surface area (Å²) in [6, 6.07) is 12.6. The SMILES string of the molecule is COc1ccc(N2C(=O)C[C@H](NCCc3c[nH]c4ccccc34)C2=O)c(OC)c1. The van der Waals surface area contributed by atoms with Crippen LogP contribution in [0.2, 0.25) is 0 Å². The first-order valence-electron chi connectivity index (χ1n) is 9.49. The zero-order valence-electron chi connectivity index (χ0n) is 16.4. The molecule has 150 valence electrons. The number of para-hydroxylation sites is 1. The maximum atomic E-state index is 12.9. The number of nitrogens with zero attached hydrogens (tertiary/aromatic N) is 1. The van der Waals surface area contributed by atoms with Crippen molar-refractivity contribution < 1.29 is 19.1 Å². The van der Waals surface area contributed by atoms with E-state index in [-0.39, 0.29) is 18.2 Å². The molecule has 1 fully saturated rings. The van der Waals surface area contributed by atoms with E-state index >= 15 is 0 Å². The lowest BCUT2D eigenvalue weighted by molar-refractivity contribution is -0.121. The van der Waals surface area contributed by atoms with Crippen LogP contribution in [0.15, 0.2) is 48.7 Å². The Morgan fingerprint density at radius 2 is 1.97 bits per heavy atom. The summed E-state index contributed by atoms with van der Waals surface area (Å²) in [7, 11) is 3.05. The highest BCUT2D eigenvalue weighted by Gasteiger charge is 2.40. The number of imide groups is 1. The maximum absolute atomic E-state index is 12.9. The Kier molecular flexibility index (Phi) is 5.22. The van der Waals surface area contributed by atoms with Crippen molar-refractivity contribution in [3.63, 3.8) is 0 Å². The second kappa shape index (κ2) is 7.97. The first kappa shape index (κ1) is 19.0. The molecule has 1 aliphatic heterocycles. The van der Waals surface area contributed by atoms with E-state index < -0.39 is 6.04 Å². The quantitative estimate of drug-likeness (QED) is 0.603. The molecule has 1 saturated heterocycles. The molecule has 0 aliphatic carbocycles. The normalized spacial score (nSPS) is 16.6. The Morgan fingerprint density at radius 3 is 2.76 bits per heavy atom. The Hall–Kier alpha value is -3.32. The van der Waals surface area contributed by atoms with Crippen molar-refractivity contribution in [2.24, 2.45) is 0 Å². The summed E-state index contributed by atoms with van der Waals surface area (Å²) in [5.74, 6) is 0.504. The second-order valence-electron chi connectivity index (χ2n) is 6.93. The van der Waals surface area contributed by atoms with Crippen LogP contribution in [-0.4, -0.2) is 43.6 Å². The predicted molar refractivity (Wildman–Crippen MR) is 110 cm³/mol. The van der Waals surface area contributed by atoms with Crippen molar-refractivity contribution in [3.8, 4) is 11.5 Å². The first-order valence-corrected chi connectivity index (χ1v) is 9.49. The predicted octanol–water partition coefficient (Wildman–Crippen LogP) is 2.65. The molecular formula is C22H23N3O4. The number of aromatic nitrogens is 1. The third-order valence-electron chi connectivity index (χ3n) is 5.23. The van der Waals surface area contributed by atoms with Gasteiger partial charge in [0.25, 0.3) is 5.91 Å². The van der Waals surface area contributed by atoms with Crippen molar-refractivity contribution in [2.45, 2.75) is 18.9 Å². The van der Waals surface area contributed by atoms with Gasteiger partial charge in [0.1, 0.15) is 11.5 Å². The van der Waals surface area contributed by atoms with Gasteiger partial charge in [0.2, 0.25) is 5.91 Å². The lowest BCUT2D eigenvalue weighted by Gasteiger charge is -2.19. The van der Waals surface area contributed by atoms with Gasteiger partial charge >= 0.3 is 0 Å². The number of H-pyrrole nitrogens is 1. The number of fused-ring (bicyclic) bond motifs is 1. The number of aromatic amines is 1. The number of carbonyl (C=O) groups excluding carboxylic acids is 2. The number of nitrogens with one attached hydrogen (secondary N) is 2. The number of methoxy groups -OCH3 is 2. The van der Waals surface area contributed by atoms with E-state index in [9.17, 15) is 9.59 Å². The van der Waals surface area contributed by atoms with Gasteiger partial charge in [-0.2, -0.15) is 0 Å². The molecule has 2 heterocycles. The minimum absolute atomic E-state index is 0.127. The number of benzene rings is 2. The Bertz CT molecular complexity index is 1060. The Morgan fingerprint density at radius 1 is 1.14 bits per heavy atom. The van der Waals surface area contributed by atoms with Crippen LogP contribution in [0.4, 0.5) is 5.69 Å². The number of hydrogen-bond acceptors (Lipinski definition) is 5. The van der Waals surface area contributed by atoms with Gasteiger partial charge < -0.3 is 19.8 Å². The van der Waals surface area contributed by atoms with E-state index in [4.69, 9.17) is 9.47 Å². The number of ether oxygens (including phenoxy) is 2. The molecule has 29 heavy (non-hydrogen) atoms. The Balaban J connectivity index is 1.44. The molecule has 4 rings (SSSR count). The molecule has 0 bridgehead atoms. The fourth-order valence-corrected chi connectivity index (χ4v) is 3.73. The van der Waals surface area contributed by atoms with Crippen LogP contribution in [0.25, 0.3) is 10.9 Å². The smallest absolute Gasteiger partial charge is 0.251 e. The van der Waals surface area contributed by atoms with Crippen LogP contribution < -0.4 is 19.7 Å². The van der Waals surface area contributed by atoms with Crippen LogP contribution >= 0.6 is 0 Å². The fourth-order valence-electron chi connectivity index (χ4n) is 3.73. The molecule has 7 heteroatoms. The summed E-state index contributed by atoms with van der Waals surface area (Å²) >= 11 is 0. The van der Waals surface area contributed by atoms with Crippen LogP contribution in [0.3, 0.4) is 0 Å². The number of amides is 2. The number of hydrogen-bond donors (Lipinski definition) is 2. The zero-order chi connectivity index (χ0) is 20.4. The molecule has 2 N–H and O–H groups in total. The monoisotopic (exact) mass is 393 g/mol. The average Bonchev–Trinajstić information content (AvgIpc) is 3.28. The summed E-state index contributed by atoms with van der Waals surface area (Å²) in [6.07, 6.45) is 2.87. The molecule has 0 saturated carbocycles. The molecule has 1 aliphatic rings. The summed E-state index contributed by atoms with van der Waals surface area (Å²) < 4.78 is 10.5. The van der Waals surface area contributed by atoms with Crippen LogP contribution in [0.1, 0.15) is 12.0 Å². The molecule has 2 amide bonds. The lowest BCUT2D eigenvalue weighted by Crippen LogP contribution is -2.39. The molecule has 3 aromatic rings. The first-order chi connectivity index (χ1) is 14.1. The molecule has 7 nitrogen and oxygen atoms in total. The molecule has 2 aromatic carbocycles. The molecule has 1 atom stereocenters. The molecule has 0 radical (unpaired) electrons. The van der Waals surface area contributed by atoms with E-state index in [1.807, 2.05) is 24.4 Å². The number of rotatable bonds is 7. The second-order valence-corrected chi connectivity index (χ2v) is 6.93. The van der Waals surface area contributed by atoms with Gasteiger partial charge in [-0.1, -0.05) is 18.2 Å². The van der Waals surface area contributed by atoms with Gasteiger partial charge in [0, 0.05) is 29.7 Å². The number of anilines is 1.